The van der Waals surface area contributed by atoms with Crippen molar-refractivity contribution >= 4 is 24.3 Å². The number of urea groups is 1. The maximum absolute atomic E-state index is 12.6. The third-order valence-corrected chi connectivity index (χ3v) is 7.61. The molecule has 2 unspecified atom stereocenters. The highest BCUT2D eigenvalue weighted by Gasteiger charge is 2.51. The van der Waals surface area contributed by atoms with Crippen molar-refractivity contribution < 1.29 is 9.59 Å². The van der Waals surface area contributed by atoms with Gasteiger partial charge in [-0.3, -0.25) is 4.79 Å². The van der Waals surface area contributed by atoms with Crippen LogP contribution in [-0.2, 0) is 4.79 Å². The molecule has 4 N–H and O–H groups in total. The molecule has 4 bridgehead atoms. The normalized spacial score (nSPS) is 38.6. The fraction of sp³-hybridized carbons (Fsp3) is 0.905. The lowest BCUT2D eigenvalue weighted by Gasteiger charge is -2.56. The van der Waals surface area contributed by atoms with Gasteiger partial charge in [0.25, 0.3) is 0 Å². The maximum atomic E-state index is 12.6. The lowest BCUT2D eigenvalue weighted by Crippen LogP contribution is -2.61. The fourth-order valence-electron chi connectivity index (χ4n) is 6.78. The second kappa shape index (κ2) is 8.78. The number of halogens is 1. The Morgan fingerprint density at radius 2 is 1.68 bits per heavy atom. The smallest absolute Gasteiger partial charge is 0.315 e. The van der Waals surface area contributed by atoms with Gasteiger partial charge in [-0.05, 0) is 75.0 Å². The van der Waals surface area contributed by atoms with Crippen molar-refractivity contribution in [3.8, 4) is 0 Å². The Morgan fingerprint density at radius 1 is 1.07 bits per heavy atom. The predicted molar refractivity (Wildman–Crippen MR) is 112 cm³/mol. The summed E-state index contributed by atoms with van der Waals surface area (Å²) in [5.41, 5.74) is 5.89. The van der Waals surface area contributed by atoms with Crippen LogP contribution >= 0.6 is 12.4 Å². The Bertz CT molecular complexity index is 549. The van der Waals surface area contributed by atoms with Gasteiger partial charge in [0.2, 0.25) is 5.91 Å². The van der Waals surface area contributed by atoms with Gasteiger partial charge in [0.15, 0.2) is 0 Å². The summed E-state index contributed by atoms with van der Waals surface area (Å²) >= 11 is 0. The molecule has 5 rings (SSSR count). The Morgan fingerprint density at radius 3 is 2.25 bits per heavy atom. The van der Waals surface area contributed by atoms with E-state index >= 15 is 0 Å². The number of nitrogens with zero attached hydrogens (tertiary/aromatic N) is 1. The summed E-state index contributed by atoms with van der Waals surface area (Å²) in [6, 6.07) is 0.0643. The predicted octanol–water partition coefficient (Wildman–Crippen LogP) is 2.65. The van der Waals surface area contributed by atoms with E-state index < -0.39 is 0 Å². The second-order valence-electron chi connectivity index (χ2n) is 9.93. The molecule has 1 aliphatic heterocycles. The van der Waals surface area contributed by atoms with E-state index in [1.54, 1.807) is 0 Å². The molecule has 160 valence electrons. The van der Waals surface area contributed by atoms with E-state index in [4.69, 9.17) is 5.73 Å². The lowest BCUT2D eigenvalue weighted by molar-refractivity contribution is -0.135. The second-order valence-corrected chi connectivity index (χ2v) is 9.93. The van der Waals surface area contributed by atoms with E-state index in [-0.39, 0.29) is 35.9 Å². The van der Waals surface area contributed by atoms with E-state index in [1.165, 1.54) is 19.3 Å². The zero-order valence-corrected chi connectivity index (χ0v) is 17.9. The summed E-state index contributed by atoms with van der Waals surface area (Å²) < 4.78 is 0. The van der Waals surface area contributed by atoms with Crippen molar-refractivity contribution in [2.24, 2.45) is 29.4 Å². The van der Waals surface area contributed by atoms with Crippen molar-refractivity contribution in [1.82, 2.24) is 15.5 Å². The standard InChI is InChI=1S/C21H36N4O2.ClH/c1-14-3-5-25(18(6-14)13-22)19(26)2-4-23-20(27)24-21-10-15-7-16(11-21)9-17(8-15)12-21;/h14-18H,2-13,22H2,1H3,(H2,23,24,27);1H. The third-order valence-electron chi connectivity index (χ3n) is 7.61. The molecule has 0 aromatic heterocycles. The first-order valence-electron chi connectivity index (χ1n) is 11.0. The van der Waals surface area contributed by atoms with Crippen molar-refractivity contribution in [1.29, 1.82) is 0 Å². The molecule has 5 fully saturated rings. The van der Waals surface area contributed by atoms with Crippen LogP contribution in [0.15, 0.2) is 0 Å². The van der Waals surface area contributed by atoms with Crippen LogP contribution in [-0.4, -0.2) is 48.1 Å². The number of carbonyl (C=O) groups excluding carboxylic acids is 2. The monoisotopic (exact) mass is 412 g/mol. The van der Waals surface area contributed by atoms with E-state index in [0.717, 1.165) is 56.4 Å². The number of amides is 3. The molecular formula is C21H37ClN4O2. The molecule has 0 spiro atoms. The topological polar surface area (TPSA) is 87.5 Å². The molecule has 0 aromatic rings. The van der Waals surface area contributed by atoms with E-state index in [2.05, 4.69) is 17.6 Å². The molecule has 0 radical (unpaired) electrons. The third kappa shape index (κ3) is 4.59. The minimum atomic E-state index is -0.0904. The first kappa shape index (κ1) is 21.7. The number of hydrogen-bond acceptors (Lipinski definition) is 3. The summed E-state index contributed by atoms with van der Waals surface area (Å²) in [7, 11) is 0. The van der Waals surface area contributed by atoms with Crippen molar-refractivity contribution in [2.45, 2.75) is 76.3 Å². The Kier molecular flexibility index (Phi) is 6.80. The SMILES string of the molecule is CC1CCN(C(=O)CCNC(=O)NC23CC4CC(CC(C4)C2)C3)C(CN)C1.Cl. The maximum Gasteiger partial charge on any atom is 0.315 e. The fourth-order valence-corrected chi connectivity index (χ4v) is 6.78. The number of hydrogen-bond donors (Lipinski definition) is 3. The minimum absolute atomic E-state index is 0. The largest absolute Gasteiger partial charge is 0.338 e. The molecule has 1 heterocycles. The van der Waals surface area contributed by atoms with Gasteiger partial charge >= 0.3 is 6.03 Å². The van der Waals surface area contributed by atoms with Crippen molar-refractivity contribution in [3.05, 3.63) is 0 Å². The molecule has 7 heteroatoms. The number of nitrogens with one attached hydrogen (secondary N) is 2. The number of nitrogens with two attached hydrogens (primary N) is 1. The van der Waals surface area contributed by atoms with Gasteiger partial charge in [-0.1, -0.05) is 6.92 Å². The van der Waals surface area contributed by atoms with Gasteiger partial charge in [0.1, 0.15) is 0 Å². The molecule has 1 saturated heterocycles. The van der Waals surface area contributed by atoms with Crippen molar-refractivity contribution in [2.75, 3.05) is 19.6 Å². The van der Waals surface area contributed by atoms with Crippen molar-refractivity contribution in [3.63, 3.8) is 0 Å². The zero-order valence-electron chi connectivity index (χ0n) is 17.1. The van der Waals surface area contributed by atoms with Crippen LogP contribution in [0.3, 0.4) is 0 Å². The van der Waals surface area contributed by atoms with Crippen LogP contribution in [0.1, 0.15) is 64.7 Å². The van der Waals surface area contributed by atoms with Crippen LogP contribution in [0.25, 0.3) is 0 Å². The summed E-state index contributed by atoms with van der Waals surface area (Å²) in [6.07, 6.45) is 9.94. The first-order valence-corrected chi connectivity index (χ1v) is 11.0. The number of likely N-dealkylation sites (tertiary alicyclic amines) is 1. The summed E-state index contributed by atoms with van der Waals surface area (Å²) in [6.45, 7) is 3.94. The van der Waals surface area contributed by atoms with E-state index in [1.807, 2.05) is 4.90 Å². The quantitative estimate of drug-likeness (QED) is 0.648. The molecule has 4 aliphatic carbocycles. The van der Waals surface area contributed by atoms with Gasteiger partial charge in [-0.25, -0.2) is 4.79 Å². The van der Waals surface area contributed by atoms with Gasteiger partial charge in [-0.2, -0.15) is 0 Å². The first-order chi connectivity index (χ1) is 13.0. The molecule has 0 aromatic carbocycles. The molecular weight excluding hydrogens is 376 g/mol. The highest BCUT2D eigenvalue weighted by Crippen LogP contribution is 2.55. The Hall–Kier alpha value is -1.01. The van der Waals surface area contributed by atoms with Gasteiger partial charge in [0, 0.05) is 37.6 Å². The average molecular weight is 413 g/mol. The summed E-state index contributed by atoms with van der Waals surface area (Å²) in [5, 5.41) is 6.25. The van der Waals surface area contributed by atoms with Gasteiger partial charge < -0.3 is 21.3 Å². The Balaban J connectivity index is 0.00000225. The summed E-state index contributed by atoms with van der Waals surface area (Å²) in [4.78, 5) is 27.0. The Labute approximate surface area is 175 Å². The highest BCUT2D eigenvalue weighted by atomic mass is 35.5. The van der Waals surface area contributed by atoms with E-state index in [9.17, 15) is 9.59 Å². The van der Waals surface area contributed by atoms with E-state index in [0.29, 0.717) is 25.4 Å². The zero-order chi connectivity index (χ0) is 19.0. The van der Waals surface area contributed by atoms with Crippen LogP contribution in [0.4, 0.5) is 4.79 Å². The number of piperidine rings is 1. The van der Waals surface area contributed by atoms with Crippen LogP contribution in [0.5, 0.6) is 0 Å². The van der Waals surface area contributed by atoms with Crippen LogP contribution in [0.2, 0.25) is 0 Å². The molecule has 6 nitrogen and oxygen atoms in total. The van der Waals surface area contributed by atoms with Gasteiger partial charge in [0.05, 0.1) is 0 Å². The average Bonchev–Trinajstić information content (AvgIpc) is 2.59. The molecule has 3 amide bonds. The van der Waals surface area contributed by atoms with Crippen LogP contribution in [0, 0.1) is 23.7 Å². The summed E-state index contributed by atoms with van der Waals surface area (Å²) in [5.74, 6) is 3.19. The number of rotatable bonds is 5. The molecule has 28 heavy (non-hydrogen) atoms. The molecule has 2 atom stereocenters. The molecule has 5 aliphatic rings. The highest BCUT2D eigenvalue weighted by molar-refractivity contribution is 5.85. The number of carbonyl (C=O) groups is 2. The van der Waals surface area contributed by atoms with Gasteiger partial charge in [-0.15, -0.1) is 12.4 Å². The lowest BCUT2D eigenvalue weighted by atomic mass is 9.53. The molecule has 4 saturated carbocycles. The van der Waals surface area contributed by atoms with Crippen LogP contribution < -0.4 is 16.4 Å². The minimum Gasteiger partial charge on any atom is -0.338 e.